The van der Waals surface area contributed by atoms with Gasteiger partial charge < -0.3 is 10.8 Å². The summed E-state index contributed by atoms with van der Waals surface area (Å²) in [4.78, 5) is 23.2. The maximum absolute atomic E-state index is 12.5. The predicted octanol–water partition coefficient (Wildman–Crippen LogP) is 4.03. The molecule has 0 saturated heterocycles. The second-order valence-corrected chi connectivity index (χ2v) is 6.63. The minimum absolute atomic E-state index is 0.0941. The summed E-state index contributed by atoms with van der Waals surface area (Å²) in [6.45, 7) is 4.12. The van der Waals surface area contributed by atoms with Gasteiger partial charge in [-0.05, 0) is 36.0 Å². The SMILES string of the molecule is CC(C)(CCCC(=O)O)c1ccc(C(=O)c2ccccc2)c(N)c1. The van der Waals surface area contributed by atoms with Crippen molar-refractivity contribution in [3.8, 4) is 0 Å². The van der Waals surface area contributed by atoms with E-state index in [9.17, 15) is 9.59 Å². The van der Waals surface area contributed by atoms with Crippen LogP contribution in [0.15, 0.2) is 48.5 Å². The minimum Gasteiger partial charge on any atom is -0.481 e. The Bertz CT molecular complexity index is 736. The third-order valence-corrected chi connectivity index (χ3v) is 4.31. The molecule has 4 heteroatoms. The van der Waals surface area contributed by atoms with Crippen molar-refractivity contribution in [1.29, 1.82) is 0 Å². The molecule has 0 aliphatic rings. The molecular formula is C20H23NO3. The van der Waals surface area contributed by atoms with E-state index in [1.54, 1.807) is 18.2 Å². The maximum atomic E-state index is 12.5. The van der Waals surface area contributed by atoms with E-state index in [4.69, 9.17) is 10.8 Å². The lowest BCUT2D eigenvalue weighted by molar-refractivity contribution is -0.137. The Hall–Kier alpha value is -2.62. The fraction of sp³-hybridized carbons (Fsp3) is 0.300. The molecule has 0 aromatic heterocycles. The summed E-state index contributed by atoms with van der Waals surface area (Å²) in [5.74, 6) is -0.877. The first-order valence-electron chi connectivity index (χ1n) is 8.03. The lowest BCUT2D eigenvalue weighted by atomic mass is 9.79. The zero-order valence-corrected chi connectivity index (χ0v) is 14.1. The fourth-order valence-electron chi connectivity index (χ4n) is 2.76. The second-order valence-electron chi connectivity index (χ2n) is 6.63. The Balaban J connectivity index is 2.20. The monoisotopic (exact) mass is 325 g/mol. The van der Waals surface area contributed by atoms with E-state index < -0.39 is 5.97 Å². The number of hydrogen-bond acceptors (Lipinski definition) is 3. The molecule has 0 unspecified atom stereocenters. The molecule has 0 heterocycles. The molecule has 3 N–H and O–H groups in total. The highest BCUT2D eigenvalue weighted by Crippen LogP contribution is 2.31. The smallest absolute Gasteiger partial charge is 0.303 e. The molecule has 24 heavy (non-hydrogen) atoms. The molecule has 0 saturated carbocycles. The number of carboxylic acid groups (broad SMARTS) is 1. The summed E-state index contributed by atoms with van der Waals surface area (Å²) < 4.78 is 0. The molecule has 0 radical (unpaired) electrons. The van der Waals surface area contributed by atoms with Crippen molar-refractivity contribution in [1.82, 2.24) is 0 Å². The van der Waals surface area contributed by atoms with Crippen LogP contribution in [0.25, 0.3) is 0 Å². The van der Waals surface area contributed by atoms with Gasteiger partial charge in [0.15, 0.2) is 5.78 Å². The van der Waals surface area contributed by atoms with Crippen LogP contribution < -0.4 is 5.73 Å². The zero-order chi connectivity index (χ0) is 17.7. The van der Waals surface area contributed by atoms with Gasteiger partial charge in [0.2, 0.25) is 0 Å². The Morgan fingerprint density at radius 1 is 1.08 bits per heavy atom. The predicted molar refractivity (Wildman–Crippen MR) is 95.2 cm³/mol. The van der Waals surface area contributed by atoms with Crippen molar-refractivity contribution in [3.05, 3.63) is 65.2 Å². The number of rotatable bonds is 7. The van der Waals surface area contributed by atoms with Crippen molar-refractivity contribution in [3.63, 3.8) is 0 Å². The number of nitrogens with two attached hydrogens (primary N) is 1. The van der Waals surface area contributed by atoms with Crippen LogP contribution in [0.2, 0.25) is 0 Å². The first-order chi connectivity index (χ1) is 11.3. The Morgan fingerprint density at radius 2 is 1.75 bits per heavy atom. The van der Waals surface area contributed by atoms with Crippen molar-refractivity contribution < 1.29 is 14.7 Å². The highest BCUT2D eigenvalue weighted by atomic mass is 16.4. The van der Waals surface area contributed by atoms with Crippen LogP contribution >= 0.6 is 0 Å². The highest BCUT2D eigenvalue weighted by Gasteiger charge is 2.22. The molecule has 0 atom stereocenters. The van der Waals surface area contributed by atoms with Crippen LogP contribution in [0.1, 0.15) is 54.6 Å². The molecule has 2 aromatic carbocycles. The van der Waals surface area contributed by atoms with E-state index in [1.807, 2.05) is 30.3 Å². The van der Waals surface area contributed by atoms with Gasteiger partial charge in [0.05, 0.1) is 0 Å². The summed E-state index contributed by atoms with van der Waals surface area (Å²) in [5.41, 5.74) is 8.48. The molecule has 4 nitrogen and oxygen atoms in total. The molecule has 126 valence electrons. The molecule has 0 fully saturated rings. The largest absolute Gasteiger partial charge is 0.481 e. The van der Waals surface area contributed by atoms with Gasteiger partial charge in [0.25, 0.3) is 0 Å². The number of carbonyl (C=O) groups is 2. The van der Waals surface area contributed by atoms with Gasteiger partial charge in [-0.2, -0.15) is 0 Å². The molecule has 0 bridgehead atoms. The number of benzene rings is 2. The third-order valence-electron chi connectivity index (χ3n) is 4.31. The van der Waals surface area contributed by atoms with Crippen LogP contribution in [-0.2, 0) is 10.2 Å². The standard InChI is InChI=1S/C20H23NO3/c1-20(2,12-6-9-18(22)23)15-10-11-16(17(21)13-15)19(24)14-7-4-3-5-8-14/h3-5,7-8,10-11,13H,6,9,12,21H2,1-2H3,(H,22,23). The molecule has 2 rings (SSSR count). The summed E-state index contributed by atoms with van der Waals surface area (Å²) in [6.07, 6.45) is 1.50. The topological polar surface area (TPSA) is 80.4 Å². The Labute approximate surface area is 142 Å². The van der Waals surface area contributed by atoms with Gasteiger partial charge in [-0.1, -0.05) is 50.2 Å². The lowest BCUT2D eigenvalue weighted by Gasteiger charge is -2.26. The van der Waals surface area contributed by atoms with Crippen LogP contribution in [-0.4, -0.2) is 16.9 Å². The maximum Gasteiger partial charge on any atom is 0.303 e. The Kier molecular flexibility index (Phi) is 5.39. The first kappa shape index (κ1) is 17.7. The van der Waals surface area contributed by atoms with Gasteiger partial charge in [-0.3, -0.25) is 9.59 Å². The highest BCUT2D eigenvalue weighted by molar-refractivity contribution is 6.12. The number of hydrogen-bond donors (Lipinski definition) is 2. The molecule has 0 aliphatic heterocycles. The number of ketones is 1. The van der Waals surface area contributed by atoms with Crippen molar-refractivity contribution in [2.45, 2.75) is 38.5 Å². The number of carboxylic acids is 1. The van der Waals surface area contributed by atoms with Crippen LogP contribution in [0.5, 0.6) is 0 Å². The van der Waals surface area contributed by atoms with E-state index in [0.29, 0.717) is 23.2 Å². The van der Waals surface area contributed by atoms with E-state index in [0.717, 1.165) is 12.0 Å². The van der Waals surface area contributed by atoms with E-state index in [-0.39, 0.29) is 17.6 Å². The van der Waals surface area contributed by atoms with Gasteiger partial charge in [0, 0.05) is 23.2 Å². The second kappa shape index (κ2) is 7.30. The van der Waals surface area contributed by atoms with E-state index >= 15 is 0 Å². The number of aliphatic carboxylic acids is 1. The molecule has 2 aromatic rings. The fourth-order valence-corrected chi connectivity index (χ4v) is 2.76. The summed E-state index contributed by atoms with van der Waals surface area (Å²) in [7, 11) is 0. The first-order valence-corrected chi connectivity index (χ1v) is 8.03. The van der Waals surface area contributed by atoms with Crippen LogP contribution in [0.4, 0.5) is 5.69 Å². The molecule has 0 amide bonds. The molecular weight excluding hydrogens is 302 g/mol. The van der Waals surface area contributed by atoms with Crippen LogP contribution in [0.3, 0.4) is 0 Å². The molecule has 0 spiro atoms. The number of nitrogen functional groups attached to an aromatic ring is 1. The summed E-state index contributed by atoms with van der Waals surface area (Å²) >= 11 is 0. The average molecular weight is 325 g/mol. The zero-order valence-electron chi connectivity index (χ0n) is 14.1. The summed E-state index contributed by atoms with van der Waals surface area (Å²) in [6, 6.07) is 14.6. The van der Waals surface area contributed by atoms with Crippen LogP contribution in [0, 0.1) is 0 Å². The van der Waals surface area contributed by atoms with Gasteiger partial charge in [0.1, 0.15) is 0 Å². The third kappa shape index (κ3) is 4.22. The van der Waals surface area contributed by atoms with E-state index in [2.05, 4.69) is 13.8 Å². The summed E-state index contributed by atoms with van der Waals surface area (Å²) in [5, 5.41) is 8.77. The number of carbonyl (C=O) groups excluding carboxylic acids is 1. The minimum atomic E-state index is -0.783. The Morgan fingerprint density at radius 3 is 2.33 bits per heavy atom. The van der Waals surface area contributed by atoms with Gasteiger partial charge in [-0.25, -0.2) is 0 Å². The normalized spacial score (nSPS) is 11.2. The average Bonchev–Trinajstić information content (AvgIpc) is 2.54. The van der Waals surface area contributed by atoms with E-state index in [1.165, 1.54) is 0 Å². The van der Waals surface area contributed by atoms with Crippen molar-refractivity contribution in [2.75, 3.05) is 5.73 Å². The van der Waals surface area contributed by atoms with Gasteiger partial charge in [-0.15, -0.1) is 0 Å². The molecule has 0 aliphatic carbocycles. The van der Waals surface area contributed by atoms with Gasteiger partial charge >= 0.3 is 5.97 Å². The van der Waals surface area contributed by atoms with Crippen molar-refractivity contribution >= 4 is 17.4 Å². The quantitative estimate of drug-likeness (QED) is 0.595. The van der Waals surface area contributed by atoms with Crippen molar-refractivity contribution in [2.24, 2.45) is 0 Å². The lowest BCUT2D eigenvalue weighted by Crippen LogP contribution is -2.18. The number of anilines is 1.